The zero-order valence-electron chi connectivity index (χ0n) is 9.56. The lowest BCUT2D eigenvalue weighted by Crippen LogP contribution is -2.27. The van der Waals surface area contributed by atoms with E-state index < -0.39 is 6.10 Å². The Morgan fingerprint density at radius 3 is 2.19 bits per heavy atom. The summed E-state index contributed by atoms with van der Waals surface area (Å²) in [7, 11) is 0. The number of hydrogen-bond acceptors (Lipinski definition) is 2. The van der Waals surface area contributed by atoms with Crippen LogP contribution in [0.1, 0.15) is 31.9 Å². The molecule has 0 saturated carbocycles. The highest BCUT2D eigenvalue weighted by molar-refractivity contribution is 6.30. The lowest BCUT2D eigenvalue weighted by Gasteiger charge is -2.20. The molecule has 1 aromatic rings. The normalized spacial score (nSPS) is 14.4. The third-order valence-electron chi connectivity index (χ3n) is 2.38. The molecule has 0 aliphatic rings. The molecule has 4 heteroatoms. The summed E-state index contributed by atoms with van der Waals surface area (Å²) >= 11 is 5.78. The minimum Gasteiger partial charge on any atom is -0.391 e. The predicted molar refractivity (Wildman–Crippen MR) is 71.1 cm³/mol. The Bertz CT molecular complexity index is 300. The minimum absolute atomic E-state index is 0. The lowest BCUT2D eigenvalue weighted by molar-refractivity contribution is 0.121. The number of halogens is 2. The fraction of sp³-hybridized carbons (Fsp3) is 0.500. The van der Waals surface area contributed by atoms with Crippen LogP contribution in [0.3, 0.4) is 0 Å². The van der Waals surface area contributed by atoms with E-state index in [-0.39, 0.29) is 18.4 Å². The van der Waals surface area contributed by atoms with Crippen LogP contribution in [-0.2, 0) is 0 Å². The number of nitrogens with two attached hydrogens (primary N) is 1. The molecule has 16 heavy (non-hydrogen) atoms. The Labute approximate surface area is 108 Å². The molecular formula is C12H19Cl2NO. The smallest absolute Gasteiger partial charge is 0.0735 e. The molecule has 0 aliphatic heterocycles. The monoisotopic (exact) mass is 263 g/mol. The Hall–Kier alpha value is -0.280. The summed E-state index contributed by atoms with van der Waals surface area (Å²) in [5, 5.41) is 10.5. The van der Waals surface area contributed by atoms with Crippen LogP contribution >= 0.6 is 24.0 Å². The van der Waals surface area contributed by atoms with Gasteiger partial charge in [-0.1, -0.05) is 37.6 Å². The van der Waals surface area contributed by atoms with Gasteiger partial charge in [-0.15, -0.1) is 12.4 Å². The average Bonchev–Trinajstić information content (AvgIpc) is 2.17. The average molecular weight is 264 g/mol. The van der Waals surface area contributed by atoms with Gasteiger partial charge in [-0.2, -0.15) is 0 Å². The second-order valence-corrected chi connectivity index (χ2v) is 4.71. The Kier molecular flexibility index (Phi) is 7.00. The number of hydrogen-bond donors (Lipinski definition) is 2. The Balaban J connectivity index is 0.00000225. The highest BCUT2D eigenvalue weighted by Gasteiger charge is 2.17. The van der Waals surface area contributed by atoms with Crippen molar-refractivity contribution in [3.63, 3.8) is 0 Å². The molecule has 0 amide bonds. The molecule has 0 fully saturated rings. The molecular weight excluding hydrogens is 245 g/mol. The number of aliphatic hydroxyl groups excluding tert-OH is 1. The van der Waals surface area contributed by atoms with Gasteiger partial charge in [0.2, 0.25) is 0 Å². The number of benzene rings is 1. The summed E-state index contributed by atoms with van der Waals surface area (Å²) < 4.78 is 0. The summed E-state index contributed by atoms with van der Waals surface area (Å²) in [5.74, 6) is 0.443. The van der Waals surface area contributed by atoms with Crippen molar-refractivity contribution < 1.29 is 5.11 Å². The first kappa shape index (κ1) is 15.7. The number of aliphatic hydroxyl groups is 1. The zero-order valence-corrected chi connectivity index (χ0v) is 11.1. The van der Waals surface area contributed by atoms with Gasteiger partial charge in [0.15, 0.2) is 0 Å². The van der Waals surface area contributed by atoms with Crippen molar-refractivity contribution in [2.45, 2.75) is 32.4 Å². The summed E-state index contributed by atoms with van der Waals surface area (Å²) in [6, 6.07) is 6.97. The van der Waals surface area contributed by atoms with Crippen LogP contribution in [-0.4, -0.2) is 11.2 Å². The zero-order chi connectivity index (χ0) is 11.4. The van der Waals surface area contributed by atoms with Gasteiger partial charge in [0.05, 0.1) is 12.1 Å². The molecule has 3 N–H and O–H groups in total. The van der Waals surface area contributed by atoms with E-state index in [1.165, 1.54) is 0 Å². The number of rotatable bonds is 4. The van der Waals surface area contributed by atoms with Gasteiger partial charge in [-0.3, -0.25) is 0 Å². The first-order chi connectivity index (χ1) is 7.00. The van der Waals surface area contributed by atoms with Gasteiger partial charge in [0.25, 0.3) is 0 Å². The van der Waals surface area contributed by atoms with Gasteiger partial charge in [0, 0.05) is 5.02 Å². The van der Waals surface area contributed by atoms with Crippen molar-refractivity contribution in [1.29, 1.82) is 0 Å². The quantitative estimate of drug-likeness (QED) is 0.877. The van der Waals surface area contributed by atoms with Gasteiger partial charge in [0.1, 0.15) is 0 Å². The standard InChI is InChI=1S/C12H18ClNO.ClH/c1-8(2)7-11(15)12(14)9-3-5-10(13)6-4-9;/h3-6,8,11-12,15H,7,14H2,1-2H3;1H/t11-,12+;/m0./s1. The van der Waals surface area contributed by atoms with E-state index in [1.807, 2.05) is 12.1 Å². The van der Waals surface area contributed by atoms with E-state index in [9.17, 15) is 5.11 Å². The lowest BCUT2D eigenvalue weighted by atomic mass is 9.95. The Morgan fingerprint density at radius 2 is 1.75 bits per heavy atom. The van der Waals surface area contributed by atoms with Gasteiger partial charge in [-0.25, -0.2) is 0 Å². The molecule has 2 atom stereocenters. The van der Waals surface area contributed by atoms with Crippen LogP contribution in [0.25, 0.3) is 0 Å². The largest absolute Gasteiger partial charge is 0.391 e. The van der Waals surface area contributed by atoms with Crippen LogP contribution < -0.4 is 5.73 Å². The van der Waals surface area contributed by atoms with Crippen LogP contribution in [0.5, 0.6) is 0 Å². The second kappa shape index (κ2) is 7.13. The van der Waals surface area contributed by atoms with Crippen LogP contribution in [0.2, 0.25) is 5.02 Å². The van der Waals surface area contributed by atoms with Crippen LogP contribution in [0.4, 0.5) is 0 Å². The molecule has 0 spiro atoms. The van der Waals surface area contributed by atoms with Crippen molar-refractivity contribution in [2.75, 3.05) is 0 Å². The molecule has 0 heterocycles. The second-order valence-electron chi connectivity index (χ2n) is 4.27. The first-order valence-electron chi connectivity index (χ1n) is 5.20. The van der Waals surface area contributed by atoms with Crippen LogP contribution in [0.15, 0.2) is 24.3 Å². The van der Waals surface area contributed by atoms with Crippen molar-refractivity contribution >= 4 is 24.0 Å². The van der Waals surface area contributed by atoms with Crippen LogP contribution in [0, 0.1) is 5.92 Å². The Morgan fingerprint density at radius 1 is 1.25 bits per heavy atom. The van der Waals surface area contributed by atoms with Gasteiger partial charge >= 0.3 is 0 Å². The SMILES string of the molecule is CC(C)C[C@H](O)[C@H](N)c1ccc(Cl)cc1.Cl. The van der Waals surface area contributed by atoms with Crippen molar-refractivity contribution in [3.8, 4) is 0 Å². The molecule has 92 valence electrons. The maximum Gasteiger partial charge on any atom is 0.0735 e. The van der Waals surface area contributed by atoms with E-state index in [1.54, 1.807) is 12.1 Å². The molecule has 0 bridgehead atoms. The van der Waals surface area contributed by atoms with E-state index >= 15 is 0 Å². The predicted octanol–water partition coefficient (Wildman–Crippen LogP) is 3.17. The molecule has 0 aromatic heterocycles. The van der Waals surface area contributed by atoms with E-state index in [0.717, 1.165) is 5.56 Å². The fourth-order valence-electron chi connectivity index (χ4n) is 1.54. The molecule has 1 rings (SSSR count). The summed E-state index contributed by atoms with van der Waals surface area (Å²) in [4.78, 5) is 0. The molecule has 0 saturated heterocycles. The summed E-state index contributed by atoms with van der Waals surface area (Å²) in [5.41, 5.74) is 6.87. The van der Waals surface area contributed by atoms with E-state index in [2.05, 4.69) is 13.8 Å². The fourth-order valence-corrected chi connectivity index (χ4v) is 1.66. The first-order valence-corrected chi connectivity index (χ1v) is 5.57. The molecule has 0 unspecified atom stereocenters. The third kappa shape index (κ3) is 4.71. The van der Waals surface area contributed by atoms with Crippen molar-refractivity contribution in [3.05, 3.63) is 34.9 Å². The highest BCUT2D eigenvalue weighted by atomic mass is 35.5. The van der Waals surface area contributed by atoms with Gasteiger partial charge in [-0.05, 0) is 30.0 Å². The highest BCUT2D eigenvalue weighted by Crippen LogP contribution is 2.20. The summed E-state index contributed by atoms with van der Waals surface area (Å²) in [6.07, 6.45) is 0.218. The molecule has 0 radical (unpaired) electrons. The summed E-state index contributed by atoms with van der Waals surface area (Å²) in [6.45, 7) is 4.13. The topological polar surface area (TPSA) is 46.2 Å². The molecule has 0 aliphatic carbocycles. The molecule has 2 nitrogen and oxygen atoms in total. The molecule has 1 aromatic carbocycles. The third-order valence-corrected chi connectivity index (χ3v) is 2.63. The maximum absolute atomic E-state index is 9.85. The van der Waals surface area contributed by atoms with E-state index in [0.29, 0.717) is 17.4 Å². The van der Waals surface area contributed by atoms with E-state index in [4.69, 9.17) is 17.3 Å². The van der Waals surface area contributed by atoms with Crippen molar-refractivity contribution in [2.24, 2.45) is 11.7 Å². The van der Waals surface area contributed by atoms with Gasteiger partial charge < -0.3 is 10.8 Å². The van der Waals surface area contributed by atoms with Crippen molar-refractivity contribution in [1.82, 2.24) is 0 Å². The minimum atomic E-state index is -0.494. The maximum atomic E-state index is 9.85.